The van der Waals surface area contributed by atoms with Gasteiger partial charge in [-0.1, -0.05) is 0 Å². The van der Waals surface area contributed by atoms with Crippen LogP contribution >= 0.6 is 0 Å². The fraction of sp³-hybridized carbons (Fsp3) is 0.500. The maximum Gasteiger partial charge on any atom is 0.291 e. The van der Waals surface area contributed by atoms with Crippen LogP contribution in [0.25, 0.3) is 0 Å². The molecule has 0 fully saturated rings. The zero-order chi connectivity index (χ0) is 7.11. The number of unbranched alkanes of at least 4 members (excludes halogenated alkanes) is 1. The van der Waals surface area contributed by atoms with Crippen LogP contribution in [0.15, 0.2) is 0 Å². The standard InChI is InChI=1S/C6H10O2Si/c1-2-3-4-5-6(7)8-9/h1H,3-5H2,9H3. The minimum absolute atomic E-state index is 0.128. The number of carbonyl (C=O) groups is 1. The molecule has 0 aliphatic heterocycles. The van der Waals surface area contributed by atoms with Gasteiger partial charge in [-0.15, -0.1) is 12.3 Å². The van der Waals surface area contributed by atoms with Crippen molar-refractivity contribution in [3.63, 3.8) is 0 Å². The highest BCUT2D eigenvalue weighted by Gasteiger charge is 1.95. The monoisotopic (exact) mass is 142 g/mol. The molecule has 0 N–H and O–H groups in total. The van der Waals surface area contributed by atoms with Crippen LogP contribution in [-0.4, -0.2) is 16.5 Å². The number of hydrogen-bond donors (Lipinski definition) is 0. The molecule has 0 aromatic carbocycles. The maximum absolute atomic E-state index is 10.4. The van der Waals surface area contributed by atoms with Gasteiger partial charge in [0.1, 0.15) is 0 Å². The summed E-state index contributed by atoms with van der Waals surface area (Å²) in [6.45, 7) is 0. The molecule has 50 valence electrons. The molecule has 0 unspecified atom stereocenters. The summed E-state index contributed by atoms with van der Waals surface area (Å²) in [5.41, 5.74) is 0. The largest absolute Gasteiger partial charge is 0.529 e. The van der Waals surface area contributed by atoms with Crippen molar-refractivity contribution < 1.29 is 9.22 Å². The average Bonchev–Trinajstić information content (AvgIpc) is 1.89. The topological polar surface area (TPSA) is 26.3 Å². The Kier molecular flexibility index (Phi) is 4.93. The third kappa shape index (κ3) is 5.11. The third-order valence-corrected chi connectivity index (χ3v) is 1.39. The molecule has 0 rings (SSSR count). The zero-order valence-corrected chi connectivity index (χ0v) is 7.52. The van der Waals surface area contributed by atoms with E-state index in [4.69, 9.17) is 6.42 Å². The van der Waals surface area contributed by atoms with Gasteiger partial charge in [0.05, 0.1) is 0 Å². The van der Waals surface area contributed by atoms with Crippen molar-refractivity contribution in [2.24, 2.45) is 0 Å². The third-order valence-electron chi connectivity index (χ3n) is 0.930. The molecular weight excluding hydrogens is 132 g/mol. The minimum atomic E-state index is -0.128. The molecule has 0 aliphatic rings. The Hall–Kier alpha value is -0.753. The smallest absolute Gasteiger partial charge is 0.291 e. The summed E-state index contributed by atoms with van der Waals surface area (Å²) >= 11 is 0. The van der Waals surface area contributed by atoms with E-state index in [-0.39, 0.29) is 5.97 Å². The van der Waals surface area contributed by atoms with Crippen LogP contribution in [0.3, 0.4) is 0 Å². The fourth-order valence-corrected chi connectivity index (χ4v) is 0.641. The lowest BCUT2D eigenvalue weighted by Gasteiger charge is -1.94. The van der Waals surface area contributed by atoms with Crippen molar-refractivity contribution in [1.29, 1.82) is 0 Å². The Bertz CT molecular complexity index is 126. The quantitative estimate of drug-likeness (QED) is 0.305. The molecule has 0 aliphatic carbocycles. The van der Waals surface area contributed by atoms with Gasteiger partial charge in [0, 0.05) is 12.8 Å². The number of carbonyl (C=O) groups excluding carboxylic acids is 1. The van der Waals surface area contributed by atoms with Crippen LogP contribution < -0.4 is 0 Å². The van der Waals surface area contributed by atoms with Crippen LogP contribution in [0.5, 0.6) is 0 Å². The lowest BCUT2D eigenvalue weighted by molar-refractivity contribution is -0.134. The summed E-state index contributed by atoms with van der Waals surface area (Å²) in [7, 11) is 0.490. The normalized spacial score (nSPS) is 8.33. The van der Waals surface area contributed by atoms with Crippen molar-refractivity contribution in [3.05, 3.63) is 0 Å². The summed E-state index contributed by atoms with van der Waals surface area (Å²) < 4.78 is 4.53. The molecule has 0 aromatic heterocycles. The fourth-order valence-electron chi connectivity index (χ4n) is 0.437. The Labute approximate surface area is 58.1 Å². The van der Waals surface area contributed by atoms with Crippen LogP contribution in [-0.2, 0) is 9.22 Å². The molecule has 0 atom stereocenters. The van der Waals surface area contributed by atoms with Gasteiger partial charge in [0.25, 0.3) is 5.97 Å². The van der Waals surface area contributed by atoms with Gasteiger partial charge in [-0.2, -0.15) is 0 Å². The van der Waals surface area contributed by atoms with Crippen molar-refractivity contribution >= 4 is 16.5 Å². The predicted molar refractivity (Wildman–Crippen MR) is 38.7 cm³/mol. The number of rotatable bonds is 3. The van der Waals surface area contributed by atoms with Crippen LogP contribution in [0.4, 0.5) is 0 Å². The summed E-state index contributed by atoms with van der Waals surface area (Å²) in [5, 5.41) is 0. The first-order chi connectivity index (χ1) is 4.31. The minimum Gasteiger partial charge on any atom is -0.529 e. The first kappa shape index (κ1) is 8.25. The molecule has 0 aromatic rings. The van der Waals surface area contributed by atoms with E-state index < -0.39 is 0 Å². The zero-order valence-electron chi connectivity index (χ0n) is 5.52. The molecule has 0 saturated heterocycles. The summed E-state index contributed by atoms with van der Waals surface area (Å²) in [4.78, 5) is 10.4. The maximum atomic E-state index is 10.4. The van der Waals surface area contributed by atoms with Gasteiger partial charge >= 0.3 is 0 Å². The van der Waals surface area contributed by atoms with Crippen molar-refractivity contribution in [3.8, 4) is 12.3 Å². The average molecular weight is 142 g/mol. The van der Waals surface area contributed by atoms with Gasteiger partial charge in [-0.3, -0.25) is 4.79 Å². The van der Waals surface area contributed by atoms with Gasteiger partial charge in [-0.05, 0) is 6.42 Å². The molecule has 0 saturated carbocycles. The summed E-state index contributed by atoms with van der Waals surface area (Å²) in [5.74, 6) is 2.32. The van der Waals surface area contributed by atoms with E-state index in [1.165, 1.54) is 0 Å². The van der Waals surface area contributed by atoms with Gasteiger partial charge in [-0.25, -0.2) is 0 Å². The lowest BCUT2D eigenvalue weighted by atomic mass is 10.2. The first-order valence-electron chi connectivity index (χ1n) is 2.81. The SMILES string of the molecule is C#CCCCC(=O)O[SiH3]. The van der Waals surface area contributed by atoms with E-state index in [0.717, 1.165) is 6.42 Å². The molecule has 0 bridgehead atoms. The molecule has 0 radical (unpaired) electrons. The molecule has 0 heterocycles. The second-order valence-corrected chi connectivity index (χ2v) is 2.04. The predicted octanol–water partition coefficient (Wildman–Crippen LogP) is -0.387. The van der Waals surface area contributed by atoms with Crippen molar-refractivity contribution in [2.45, 2.75) is 19.3 Å². The van der Waals surface area contributed by atoms with E-state index in [2.05, 4.69) is 10.3 Å². The van der Waals surface area contributed by atoms with Crippen LogP contribution in [0.1, 0.15) is 19.3 Å². The second-order valence-electron chi connectivity index (χ2n) is 1.63. The first-order valence-corrected chi connectivity index (χ1v) is 3.63. The highest BCUT2D eigenvalue weighted by atomic mass is 28.2. The highest BCUT2D eigenvalue weighted by molar-refractivity contribution is 6.05. The highest BCUT2D eigenvalue weighted by Crippen LogP contribution is 1.93. The van der Waals surface area contributed by atoms with E-state index >= 15 is 0 Å². The van der Waals surface area contributed by atoms with Crippen molar-refractivity contribution in [2.75, 3.05) is 0 Å². The lowest BCUT2D eigenvalue weighted by Crippen LogP contribution is -1.99. The van der Waals surface area contributed by atoms with E-state index in [9.17, 15) is 4.79 Å². The molecule has 0 spiro atoms. The molecule has 2 nitrogen and oxygen atoms in total. The van der Waals surface area contributed by atoms with E-state index in [1.54, 1.807) is 0 Å². The van der Waals surface area contributed by atoms with Gasteiger partial charge < -0.3 is 4.43 Å². The van der Waals surface area contributed by atoms with Gasteiger partial charge in [0.15, 0.2) is 0 Å². The molecular formula is C6H10O2Si. The second kappa shape index (κ2) is 5.38. The Morgan fingerprint density at radius 3 is 2.89 bits per heavy atom. The molecule has 0 amide bonds. The Morgan fingerprint density at radius 2 is 2.44 bits per heavy atom. The van der Waals surface area contributed by atoms with Crippen molar-refractivity contribution in [1.82, 2.24) is 0 Å². The van der Waals surface area contributed by atoms with E-state index in [1.807, 2.05) is 0 Å². The summed E-state index contributed by atoms with van der Waals surface area (Å²) in [6.07, 6.45) is 6.84. The van der Waals surface area contributed by atoms with Gasteiger partial charge in [0.2, 0.25) is 10.5 Å². The summed E-state index contributed by atoms with van der Waals surface area (Å²) in [6, 6.07) is 0. The van der Waals surface area contributed by atoms with Crippen LogP contribution in [0.2, 0.25) is 0 Å². The van der Waals surface area contributed by atoms with Crippen LogP contribution in [0, 0.1) is 12.3 Å². The molecule has 3 heteroatoms. The van der Waals surface area contributed by atoms with E-state index in [0.29, 0.717) is 23.3 Å². The Morgan fingerprint density at radius 1 is 1.78 bits per heavy atom. The number of terminal acetylenes is 1. The molecule has 9 heavy (non-hydrogen) atoms. The number of hydrogen-bond acceptors (Lipinski definition) is 2. The Balaban J connectivity index is 3.09.